The summed E-state index contributed by atoms with van der Waals surface area (Å²) in [6.45, 7) is 1.90. The Morgan fingerprint density at radius 3 is 2.73 bits per heavy atom. The zero-order valence-electron chi connectivity index (χ0n) is 8.93. The Bertz CT molecular complexity index is 349. The molecule has 80 valence electrons. The summed E-state index contributed by atoms with van der Waals surface area (Å²) in [4.78, 5) is 27.7. The first-order valence-electron chi connectivity index (χ1n) is 4.72. The lowest BCUT2D eigenvalue weighted by molar-refractivity contribution is -0.134. The van der Waals surface area contributed by atoms with Gasteiger partial charge < -0.3 is 4.90 Å². The molecule has 1 heterocycles. The third-order valence-corrected chi connectivity index (χ3v) is 1.97. The minimum absolute atomic E-state index is 0.0310. The highest BCUT2D eigenvalue weighted by Gasteiger charge is 2.10. The lowest BCUT2D eigenvalue weighted by atomic mass is 10.2. The van der Waals surface area contributed by atoms with Gasteiger partial charge in [0, 0.05) is 26.0 Å². The number of rotatable bonds is 4. The molecule has 0 aromatic carbocycles. The van der Waals surface area contributed by atoms with Gasteiger partial charge in [-0.05, 0) is 18.6 Å². The molecule has 0 radical (unpaired) electrons. The van der Waals surface area contributed by atoms with Crippen LogP contribution in [-0.2, 0) is 16.1 Å². The van der Waals surface area contributed by atoms with Gasteiger partial charge in [-0.15, -0.1) is 0 Å². The smallest absolute Gasteiger partial charge is 0.230 e. The van der Waals surface area contributed by atoms with Gasteiger partial charge in [0.1, 0.15) is 5.78 Å². The van der Waals surface area contributed by atoms with Crippen LogP contribution in [0, 0.1) is 0 Å². The van der Waals surface area contributed by atoms with Crippen LogP contribution in [0.3, 0.4) is 0 Å². The van der Waals surface area contributed by atoms with Crippen LogP contribution in [0.5, 0.6) is 0 Å². The van der Waals surface area contributed by atoms with E-state index in [1.165, 1.54) is 11.8 Å². The highest BCUT2D eigenvalue weighted by molar-refractivity contribution is 5.96. The first-order valence-corrected chi connectivity index (χ1v) is 4.72. The predicted octanol–water partition coefficient (Wildman–Crippen LogP) is 1.02. The second kappa shape index (κ2) is 5.24. The number of hydrogen-bond donors (Lipinski definition) is 0. The van der Waals surface area contributed by atoms with Gasteiger partial charge in [0.15, 0.2) is 0 Å². The van der Waals surface area contributed by atoms with Gasteiger partial charge in [-0.1, -0.05) is 6.07 Å². The van der Waals surface area contributed by atoms with E-state index in [2.05, 4.69) is 4.98 Å². The van der Waals surface area contributed by atoms with Crippen molar-refractivity contribution in [2.75, 3.05) is 7.05 Å². The fourth-order valence-electron chi connectivity index (χ4n) is 1.20. The van der Waals surface area contributed by atoms with Crippen LogP contribution in [0.2, 0.25) is 0 Å². The molecule has 4 heteroatoms. The van der Waals surface area contributed by atoms with Crippen molar-refractivity contribution < 1.29 is 9.59 Å². The van der Waals surface area contributed by atoms with Gasteiger partial charge in [0.2, 0.25) is 5.91 Å². The largest absolute Gasteiger partial charge is 0.341 e. The summed E-state index contributed by atoms with van der Waals surface area (Å²) in [5.74, 6) is -0.274. The molecule has 0 bridgehead atoms. The zero-order chi connectivity index (χ0) is 11.3. The average Bonchev–Trinajstić information content (AvgIpc) is 2.18. The maximum Gasteiger partial charge on any atom is 0.230 e. The fraction of sp³-hybridized carbons (Fsp3) is 0.364. The van der Waals surface area contributed by atoms with Crippen LogP contribution in [0.4, 0.5) is 0 Å². The van der Waals surface area contributed by atoms with E-state index in [0.29, 0.717) is 6.54 Å². The van der Waals surface area contributed by atoms with Crippen LogP contribution in [0.25, 0.3) is 0 Å². The summed E-state index contributed by atoms with van der Waals surface area (Å²) in [6.07, 6.45) is 3.36. The maximum absolute atomic E-state index is 11.4. The lowest BCUT2D eigenvalue weighted by Crippen LogP contribution is -2.27. The van der Waals surface area contributed by atoms with E-state index < -0.39 is 0 Å². The van der Waals surface area contributed by atoms with E-state index in [1.807, 2.05) is 12.1 Å². The number of pyridine rings is 1. The Kier molecular flexibility index (Phi) is 3.97. The van der Waals surface area contributed by atoms with Crippen molar-refractivity contribution in [2.24, 2.45) is 0 Å². The molecule has 4 nitrogen and oxygen atoms in total. The van der Waals surface area contributed by atoms with Gasteiger partial charge in [-0.2, -0.15) is 0 Å². The molecule has 0 unspecified atom stereocenters. The molecule has 0 aliphatic rings. The van der Waals surface area contributed by atoms with Crippen LogP contribution >= 0.6 is 0 Å². The van der Waals surface area contributed by atoms with Crippen LogP contribution in [0.1, 0.15) is 18.9 Å². The molecule has 0 saturated heterocycles. The summed E-state index contributed by atoms with van der Waals surface area (Å²) in [6, 6.07) is 3.71. The standard InChI is InChI=1S/C11H14N2O2/c1-9(14)6-11(15)13(2)8-10-4-3-5-12-7-10/h3-5,7H,6,8H2,1-2H3. The topological polar surface area (TPSA) is 50.3 Å². The summed E-state index contributed by atoms with van der Waals surface area (Å²) in [5, 5.41) is 0. The Labute approximate surface area is 88.9 Å². The van der Waals surface area contributed by atoms with Crippen molar-refractivity contribution in [1.29, 1.82) is 0 Å². The molecule has 0 atom stereocenters. The van der Waals surface area contributed by atoms with E-state index in [-0.39, 0.29) is 18.1 Å². The highest BCUT2D eigenvalue weighted by atomic mass is 16.2. The quantitative estimate of drug-likeness (QED) is 0.691. The zero-order valence-corrected chi connectivity index (χ0v) is 8.93. The molecule has 15 heavy (non-hydrogen) atoms. The minimum Gasteiger partial charge on any atom is -0.341 e. The first kappa shape index (κ1) is 11.4. The van der Waals surface area contributed by atoms with E-state index in [9.17, 15) is 9.59 Å². The van der Waals surface area contributed by atoms with Crippen LogP contribution < -0.4 is 0 Å². The Morgan fingerprint density at radius 2 is 2.20 bits per heavy atom. The Balaban J connectivity index is 2.52. The number of amides is 1. The second-order valence-electron chi connectivity index (χ2n) is 3.49. The second-order valence-corrected chi connectivity index (χ2v) is 3.49. The number of nitrogens with zero attached hydrogens (tertiary/aromatic N) is 2. The van der Waals surface area contributed by atoms with Crippen LogP contribution in [-0.4, -0.2) is 28.6 Å². The van der Waals surface area contributed by atoms with Crippen LogP contribution in [0.15, 0.2) is 24.5 Å². The number of Topliss-reactive ketones (excluding diaryl/α,β-unsaturated/α-hetero) is 1. The molecule has 1 amide bonds. The molecule has 0 spiro atoms. The summed E-state index contributed by atoms with van der Waals surface area (Å²) in [5.41, 5.74) is 0.955. The maximum atomic E-state index is 11.4. The number of ketones is 1. The molecule has 0 N–H and O–H groups in total. The molecule has 0 fully saturated rings. The number of carbonyl (C=O) groups is 2. The molecule has 0 aliphatic heterocycles. The third kappa shape index (κ3) is 3.89. The van der Waals surface area contributed by atoms with Crippen molar-refractivity contribution in [3.05, 3.63) is 30.1 Å². The third-order valence-electron chi connectivity index (χ3n) is 1.97. The van der Waals surface area contributed by atoms with Gasteiger partial charge in [0.25, 0.3) is 0 Å². The molecule has 0 saturated carbocycles. The Morgan fingerprint density at radius 1 is 1.47 bits per heavy atom. The van der Waals surface area contributed by atoms with Crippen molar-refractivity contribution in [3.8, 4) is 0 Å². The number of hydrogen-bond acceptors (Lipinski definition) is 3. The molecular weight excluding hydrogens is 192 g/mol. The van der Waals surface area contributed by atoms with Crippen molar-refractivity contribution >= 4 is 11.7 Å². The molecule has 0 aliphatic carbocycles. The summed E-state index contributed by atoms with van der Waals surface area (Å²) < 4.78 is 0. The minimum atomic E-state index is -0.161. The molecule has 1 aromatic rings. The molecule has 1 rings (SSSR count). The van der Waals surface area contributed by atoms with Crippen molar-refractivity contribution in [1.82, 2.24) is 9.88 Å². The SMILES string of the molecule is CC(=O)CC(=O)N(C)Cc1cccnc1. The van der Waals surface area contributed by atoms with E-state index in [4.69, 9.17) is 0 Å². The van der Waals surface area contributed by atoms with Gasteiger partial charge >= 0.3 is 0 Å². The summed E-state index contributed by atoms with van der Waals surface area (Å²) in [7, 11) is 1.68. The van der Waals surface area contributed by atoms with Gasteiger partial charge in [-0.25, -0.2) is 0 Å². The number of aromatic nitrogens is 1. The average molecular weight is 206 g/mol. The first-order chi connectivity index (χ1) is 7.09. The van der Waals surface area contributed by atoms with Crippen molar-refractivity contribution in [2.45, 2.75) is 19.9 Å². The van der Waals surface area contributed by atoms with E-state index in [0.717, 1.165) is 5.56 Å². The molecule has 1 aromatic heterocycles. The van der Waals surface area contributed by atoms with E-state index >= 15 is 0 Å². The van der Waals surface area contributed by atoms with Crippen molar-refractivity contribution in [3.63, 3.8) is 0 Å². The number of carbonyl (C=O) groups excluding carboxylic acids is 2. The molecular formula is C11H14N2O2. The van der Waals surface area contributed by atoms with Gasteiger partial charge in [-0.3, -0.25) is 14.6 Å². The predicted molar refractivity (Wildman–Crippen MR) is 56.0 cm³/mol. The normalized spacial score (nSPS) is 9.73. The fourth-order valence-corrected chi connectivity index (χ4v) is 1.20. The summed E-state index contributed by atoms with van der Waals surface area (Å²) >= 11 is 0. The highest BCUT2D eigenvalue weighted by Crippen LogP contribution is 2.02. The monoisotopic (exact) mass is 206 g/mol. The Hall–Kier alpha value is -1.71. The van der Waals surface area contributed by atoms with E-state index in [1.54, 1.807) is 19.4 Å². The lowest BCUT2D eigenvalue weighted by Gasteiger charge is -2.16. The van der Waals surface area contributed by atoms with Gasteiger partial charge in [0.05, 0.1) is 6.42 Å².